The lowest BCUT2D eigenvalue weighted by molar-refractivity contribution is -0.141. The smallest absolute Gasteiger partial charge is 0.352 e. The monoisotopic (exact) mass is 538 g/mol. The fraction of sp³-hybridized carbons (Fsp3) is 0.304. The zero-order chi connectivity index (χ0) is 26.8. The molecule has 4 rings (SSSR count). The Bertz CT molecular complexity index is 1380. The highest BCUT2D eigenvalue weighted by Crippen LogP contribution is 2.30. The van der Waals surface area contributed by atoms with Crippen molar-refractivity contribution in [3.8, 4) is 0 Å². The number of nitrogens with one attached hydrogen (secondary N) is 1. The lowest BCUT2D eigenvalue weighted by atomic mass is 10.2. The summed E-state index contributed by atoms with van der Waals surface area (Å²) in [5.74, 6) is -0.388. The maximum atomic E-state index is 13.0. The first kappa shape index (κ1) is 26.4. The molecule has 14 heteroatoms. The van der Waals surface area contributed by atoms with Crippen molar-refractivity contribution in [2.45, 2.75) is 24.5 Å². The van der Waals surface area contributed by atoms with Gasteiger partial charge >= 0.3 is 6.18 Å². The van der Waals surface area contributed by atoms with E-state index in [-0.39, 0.29) is 54.8 Å². The normalized spacial score (nSPS) is 15.0. The van der Waals surface area contributed by atoms with Gasteiger partial charge in [-0.15, -0.1) is 10.2 Å². The molecule has 1 aliphatic heterocycles. The molecule has 0 saturated carbocycles. The Morgan fingerprint density at radius 2 is 1.65 bits per heavy atom. The van der Waals surface area contributed by atoms with E-state index in [1.807, 2.05) is 0 Å². The van der Waals surface area contributed by atoms with Crippen LogP contribution in [0, 0.1) is 12.7 Å². The molecule has 1 fully saturated rings. The number of hydrogen-bond donors (Lipinski definition) is 1. The molecule has 0 unspecified atom stereocenters. The third kappa shape index (κ3) is 6.02. The van der Waals surface area contributed by atoms with Gasteiger partial charge in [0.25, 0.3) is 5.91 Å². The number of amides is 1. The Balaban J connectivity index is 1.35. The van der Waals surface area contributed by atoms with E-state index >= 15 is 0 Å². The minimum Gasteiger partial charge on any atom is -0.352 e. The van der Waals surface area contributed by atoms with Gasteiger partial charge in [0.2, 0.25) is 10.0 Å². The Kier molecular flexibility index (Phi) is 7.41. The van der Waals surface area contributed by atoms with Gasteiger partial charge in [-0.3, -0.25) is 4.79 Å². The van der Waals surface area contributed by atoms with E-state index in [1.165, 1.54) is 29.4 Å². The van der Waals surface area contributed by atoms with Crippen molar-refractivity contribution in [3.05, 3.63) is 77.0 Å². The van der Waals surface area contributed by atoms with Gasteiger partial charge in [-0.05, 0) is 48.9 Å². The molecule has 1 aliphatic rings. The van der Waals surface area contributed by atoms with Crippen LogP contribution in [0.3, 0.4) is 0 Å². The molecule has 37 heavy (non-hydrogen) atoms. The summed E-state index contributed by atoms with van der Waals surface area (Å²) in [5, 5.41) is 10.7. The zero-order valence-corrected chi connectivity index (χ0v) is 20.4. The summed E-state index contributed by atoms with van der Waals surface area (Å²) in [6.45, 7) is 2.08. The van der Waals surface area contributed by atoms with E-state index in [4.69, 9.17) is 0 Å². The van der Waals surface area contributed by atoms with Crippen LogP contribution in [0.25, 0.3) is 0 Å². The van der Waals surface area contributed by atoms with E-state index in [2.05, 4.69) is 20.5 Å². The Labute approximate surface area is 210 Å². The highest BCUT2D eigenvalue weighted by atomic mass is 32.2. The van der Waals surface area contributed by atoms with Gasteiger partial charge in [0.05, 0.1) is 5.69 Å². The van der Waals surface area contributed by atoms with Crippen molar-refractivity contribution < 1.29 is 30.8 Å². The highest BCUT2D eigenvalue weighted by Gasteiger charge is 2.35. The zero-order valence-electron chi connectivity index (χ0n) is 19.5. The highest BCUT2D eigenvalue weighted by molar-refractivity contribution is 7.89. The minimum absolute atomic E-state index is 0.0738. The average molecular weight is 539 g/mol. The molecule has 1 saturated heterocycles. The third-order valence-electron chi connectivity index (χ3n) is 5.76. The van der Waals surface area contributed by atoms with Gasteiger partial charge in [-0.1, -0.05) is 12.1 Å². The molecule has 196 valence electrons. The average Bonchev–Trinajstić information content (AvgIpc) is 2.87. The number of aryl methyl sites for hydroxylation is 1. The Hall–Kier alpha value is -3.65. The first-order valence-corrected chi connectivity index (χ1v) is 12.6. The molecule has 9 nitrogen and oxygen atoms in total. The summed E-state index contributed by atoms with van der Waals surface area (Å²) < 4.78 is 78.8. The predicted molar refractivity (Wildman–Crippen MR) is 125 cm³/mol. The fourth-order valence-electron chi connectivity index (χ4n) is 3.77. The van der Waals surface area contributed by atoms with E-state index in [1.54, 1.807) is 23.1 Å². The van der Waals surface area contributed by atoms with Crippen LogP contribution in [-0.2, 0) is 22.7 Å². The van der Waals surface area contributed by atoms with Crippen LogP contribution < -0.4 is 10.2 Å². The molecule has 1 aromatic carbocycles. The standard InChI is InChI=1S/C23H22F4N6O3S/c1-15-19(7-8-20(29-15)23(25,26)27)37(35,36)33-12-10-32(11-13-33)21-9-6-18(30-31-21)22(34)28-14-16-2-4-17(24)5-3-16/h2-9H,10-14H2,1H3,(H,28,34). The van der Waals surface area contributed by atoms with Crippen molar-refractivity contribution in [1.29, 1.82) is 0 Å². The number of carbonyl (C=O) groups excluding carboxylic acids is 1. The van der Waals surface area contributed by atoms with Crippen LogP contribution >= 0.6 is 0 Å². The minimum atomic E-state index is -4.67. The number of hydrogen-bond acceptors (Lipinski definition) is 7. The van der Waals surface area contributed by atoms with Crippen molar-refractivity contribution in [2.75, 3.05) is 31.1 Å². The first-order chi connectivity index (χ1) is 17.4. The molecule has 0 bridgehead atoms. The molecule has 3 heterocycles. The third-order valence-corrected chi connectivity index (χ3v) is 7.79. The van der Waals surface area contributed by atoms with Gasteiger partial charge in [0, 0.05) is 32.7 Å². The van der Waals surface area contributed by atoms with Crippen molar-refractivity contribution in [2.24, 2.45) is 0 Å². The van der Waals surface area contributed by atoms with E-state index < -0.39 is 27.8 Å². The summed E-state index contributed by atoms with van der Waals surface area (Å²) in [6, 6.07) is 10.4. The Morgan fingerprint density at radius 3 is 2.22 bits per heavy atom. The Morgan fingerprint density at radius 1 is 0.973 bits per heavy atom. The molecule has 0 spiro atoms. The lowest BCUT2D eigenvalue weighted by Gasteiger charge is -2.34. The lowest BCUT2D eigenvalue weighted by Crippen LogP contribution is -2.49. The van der Waals surface area contributed by atoms with E-state index in [0.29, 0.717) is 11.9 Å². The van der Waals surface area contributed by atoms with Gasteiger partial charge in [-0.25, -0.2) is 17.8 Å². The summed E-state index contributed by atoms with van der Waals surface area (Å²) in [5.41, 5.74) is -0.580. The number of pyridine rings is 1. The second-order valence-electron chi connectivity index (χ2n) is 8.25. The van der Waals surface area contributed by atoms with Crippen LogP contribution in [0.15, 0.2) is 53.4 Å². The van der Waals surface area contributed by atoms with Gasteiger partial charge < -0.3 is 10.2 Å². The summed E-state index contributed by atoms with van der Waals surface area (Å²) >= 11 is 0. The van der Waals surface area contributed by atoms with Gasteiger partial charge in [-0.2, -0.15) is 17.5 Å². The number of halogens is 4. The molecule has 0 aliphatic carbocycles. The molecule has 2 aromatic heterocycles. The fourth-order valence-corrected chi connectivity index (χ4v) is 5.35. The molecule has 0 atom stereocenters. The number of carbonyl (C=O) groups is 1. The number of piperazine rings is 1. The maximum absolute atomic E-state index is 13.0. The van der Waals surface area contributed by atoms with Crippen LogP contribution in [0.4, 0.5) is 23.4 Å². The van der Waals surface area contributed by atoms with Crippen LogP contribution in [0.2, 0.25) is 0 Å². The second kappa shape index (κ2) is 10.4. The number of anilines is 1. The van der Waals surface area contributed by atoms with Gasteiger partial charge in [0.1, 0.15) is 16.4 Å². The summed E-state index contributed by atoms with van der Waals surface area (Å²) in [4.78, 5) is 17.3. The quantitative estimate of drug-likeness (QED) is 0.481. The molecule has 0 radical (unpaired) electrons. The second-order valence-corrected chi connectivity index (χ2v) is 10.2. The largest absolute Gasteiger partial charge is 0.433 e. The van der Waals surface area contributed by atoms with Crippen molar-refractivity contribution >= 4 is 21.7 Å². The van der Waals surface area contributed by atoms with Gasteiger partial charge in [0.15, 0.2) is 11.5 Å². The number of sulfonamides is 1. The molecular formula is C23H22F4N6O3S. The molecule has 1 amide bonds. The molecule has 1 N–H and O–H groups in total. The van der Waals surface area contributed by atoms with E-state index in [0.717, 1.165) is 11.6 Å². The van der Waals surface area contributed by atoms with Crippen LogP contribution in [-0.4, -0.2) is 60.0 Å². The summed E-state index contributed by atoms with van der Waals surface area (Å²) in [6.07, 6.45) is -4.67. The van der Waals surface area contributed by atoms with Crippen molar-refractivity contribution in [1.82, 2.24) is 24.8 Å². The first-order valence-electron chi connectivity index (χ1n) is 11.1. The molecular weight excluding hydrogens is 516 g/mol. The number of rotatable bonds is 6. The van der Waals surface area contributed by atoms with Crippen molar-refractivity contribution in [3.63, 3.8) is 0 Å². The van der Waals surface area contributed by atoms with Crippen LogP contribution in [0.1, 0.15) is 27.4 Å². The molecule has 3 aromatic rings. The number of alkyl halides is 3. The van der Waals surface area contributed by atoms with Crippen LogP contribution in [0.5, 0.6) is 0 Å². The number of benzene rings is 1. The predicted octanol–water partition coefficient (Wildman–Crippen LogP) is 2.78. The number of nitrogens with zero attached hydrogens (tertiary/aromatic N) is 5. The van der Waals surface area contributed by atoms with E-state index in [9.17, 15) is 30.8 Å². The number of aromatic nitrogens is 3. The topological polar surface area (TPSA) is 108 Å². The SMILES string of the molecule is Cc1nc(C(F)(F)F)ccc1S(=O)(=O)N1CCN(c2ccc(C(=O)NCc3ccc(F)cc3)nn2)CC1. The summed E-state index contributed by atoms with van der Waals surface area (Å²) in [7, 11) is -4.04. The maximum Gasteiger partial charge on any atom is 0.433 e.